The van der Waals surface area contributed by atoms with Crippen molar-refractivity contribution >= 4 is 5.69 Å². The van der Waals surface area contributed by atoms with Gasteiger partial charge in [0.15, 0.2) is 0 Å². The van der Waals surface area contributed by atoms with Crippen LogP contribution in [-0.2, 0) is 0 Å². The van der Waals surface area contributed by atoms with Crippen molar-refractivity contribution in [2.75, 3.05) is 5.73 Å². The predicted molar refractivity (Wildman–Crippen MR) is 70.4 cm³/mol. The maximum absolute atomic E-state index is 6.05. The summed E-state index contributed by atoms with van der Waals surface area (Å²) < 4.78 is 0. The van der Waals surface area contributed by atoms with E-state index in [0.29, 0.717) is 5.92 Å². The largest absolute Gasteiger partial charge is 0.398 e. The average molecular weight is 217 g/mol. The van der Waals surface area contributed by atoms with Crippen LogP contribution >= 0.6 is 0 Å². The van der Waals surface area contributed by atoms with Crippen LogP contribution in [-0.4, -0.2) is 0 Å². The van der Waals surface area contributed by atoms with E-state index >= 15 is 0 Å². The van der Waals surface area contributed by atoms with Crippen molar-refractivity contribution in [1.82, 2.24) is 0 Å². The molecular weight excluding hydrogens is 194 g/mol. The first-order valence-corrected chi connectivity index (χ1v) is 6.53. The fourth-order valence-corrected chi connectivity index (χ4v) is 2.98. The predicted octanol–water partition coefficient (Wildman–Crippen LogP) is 4.20. The minimum atomic E-state index is 0.705. The fraction of sp³-hybridized carbons (Fsp3) is 0.600. The molecule has 0 aromatic heterocycles. The molecule has 0 amide bonds. The number of nitrogens with two attached hydrogens (primary N) is 1. The Morgan fingerprint density at radius 2 is 1.69 bits per heavy atom. The van der Waals surface area contributed by atoms with Crippen molar-refractivity contribution in [3.63, 3.8) is 0 Å². The second-order valence-corrected chi connectivity index (χ2v) is 5.48. The second kappa shape index (κ2) is 4.90. The van der Waals surface area contributed by atoms with Crippen LogP contribution in [0.3, 0.4) is 0 Å². The van der Waals surface area contributed by atoms with Gasteiger partial charge in [-0.25, -0.2) is 0 Å². The Morgan fingerprint density at radius 3 is 2.25 bits per heavy atom. The van der Waals surface area contributed by atoms with Crippen LogP contribution in [0.5, 0.6) is 0 Å². The van der Waals surface area contributed by atoms with Crippen molar-refractivity contribution in [3.8, 4) is 0 Å². The molecule has 1 aliphatic carbocycles. The molecule has 1 aromatic carbocycles. The Hall–Kier alpha value is -0.980. The first-order valence-electron chi connectivity index (χ1n) is 6.53. The van der Waals surface area contributed by atoms with E-state index in [1.165, 1.54) is 31.2 Å². The summed E-state index contributed by atoms with van der Waals surface area (Å²) in [6.45, 7) is 4.70. The molecule has 2 rings (SSSR count). The molecule has 16 heavy (non-hydrogen) atoms. The molecule has 2 N–H and O–H groups in total. The lowest BCUT2D eigenvalue weighted by atomic mass is 9.74. The Morgan fingerprint density at radius 1 is 1.06 bits per heavy atom. The monoisotopic (exact) mass is 217 g/mol. The summed E-state index contributed by atoms with van der Waals surface area (Å²) in [4.78, 5) is 0. The normalized spacial score (nSPS) is 25.9. The van der Waals surface area contributed by atoms with Gasteiger partial charge in [0.05, 0.1) is 0 Å². The molecule has 1 aromatic rings. The Labute approximate surface area is 99.0 Å². The average Bonchev–Trinajstić information content (AvgIpc) is 2.30. The smallest absolute Gasteiger partial charge is 0.0349 e. The summed E-state index contributed by atoms with van der Waals surface area (Å²) in [6.07, 6.45) is 5.38. The maximum atomic E-state index is 6.05. The highest BCUT2D eigenvalue weighted by molar-refractivity contribution is 5.48. The summed E-state index contributed by atoms with van der Waals surface area (Å²) in [5.41, 5.74) is 8.41. The van der Waals surface area contributed by atoms with Crippen molar-refractivity contribution in [1.29, 1.82) is 0 Å². The van der Waals surface area contributed by atoms with Gasteiger partial charge in [-0.2, -0.15) is 0 Å². The molecule has 0 aliphatic heterocycles. The van der Waals surface area contributed by atoms with Crippen molar-refractivity contribution < 1.29 is 0 Å². The molecule has 1 saturated carbocycles. The van der Waals surface area contributed by atoms with E-state index < -0.39 is 0 Å². The summed E-state index contributed by atoms with van der Waals surface area (Å²) in [5.74, 6) is 2.48. The van der Waals surface area contributed by atoms with Crippen LogP contribution in [0.25, 0.3) is 0 Å². The molecule has 88 valence electrons. The van der Waals surface area contributed by atoms with Crippen LogP contribution < -0.4 is 5.73 Å². The van der Waals surface area contributed by atoms with Gasteiger partial charge >= 0.3 is 0 Å². The number of rotatable bonds is 2. The van der Waals surface area contributed by atoms with Crippen molar-refractivity contribution in [2.24, 2.45) is 11.8 Å². The highest BCUT2D eigenvalue weighted by Crippen LogP contribution is 2.40. The lowest BCUT2D eigenvalue weighted by molar-refractivity contribution is 0.259. The van der Waals surface area contributed by atoms with Crippen molar-refractivity contribution in [2.45, 2.75) is 45.4 Å². The van der Waals surface area contributed by atoms with Gasteiger partial charge < -0.3 is 5.73 Å². The zero-order chi connectivity index (χ0) is 11.5. The summed E-state index contributed by atoms with van der Waals surface area (Å²) in [7, 11) is 0. The van der Waals surface area contributed by atoms with Gasteiger partial charge in [-0.3, -0.25) is 0 Å². The minimum absolute atomic E-state index is 0.705. The topological polar surface area (TPSA) is 26.0 Å². The first-order chi connectivity index (χ1) is 7.68. The van der Waals surface area contributed by atoms with E-state index in [1.54, 1.807) is 0 Å². The van der Waals surface area contributed by atoms with Crippen LogP contribution in [0.15, 0.2) is 24.3 Å². The molecule has 0 bridgehead atoms. The third-order valence-electron chi connectivity index (χ3n) is 4.15. The molecule has 0 atom stereocenters. The highest BCUT2D eigenvalue weighted by Gasteiger charge is 2.24. The van der Waals surface area contributed by atoms with Gasteiger partial charge in [0.25, 0.3) is 0 Å². The molecule has 0 unspecified atom stereocenters. The van der Waals surface area contributed by atoms with E-state index in [1.807, 2.05) is 12.1 Å². The number of anilines is 1. The van der Waals surface area contributed by atoms with E-state index in [2.05, 4.69) is 26.0 Å². The zero-order valence-corrected chi connectivity index (χ0v) is 10.4. The highest BCUT2D eigenvalue weighted by atomic mass is 14.6. The van der Waals surface area contributed by atoms with E-state index in [-0.39, 0.29) is 0 Å². The molecule has 0 saturated heterocycles. The van der Waals surface area contributed by atoms with E-state index in [4.69, 9.17) is 5.73 Å². The minimum Gasteiger partial charge on any atom is -0.398 e. The number of hydrogen-bond acceptors (Lipinski definition) is 1. The molecule has 1 aliphatic rings. The second-order valence-electron chi connectivity index (χ2n) is 5.48. The van der Waals surface area contributed by atoms with Gasteiger partial charge in [-0.15, -0.1) is 0 Å². The van der Waals surface area contributed by atoms with Crippen LogP contribution in [0, 0.1) is 11.8 Å². The molecule has 0 spiro atoms. The number of hydrogen-bond donors (Lipinski definition) is 1. The number of para-hydroxylation sites is 1. The molecular formula is C15H23N. The molecule has 0 heterocycles. The summed E-state index contributed by atoms with van der Waals surface area (Å²) in [5, 5.41) is 0. The standard InChI is InChI=1S/C15H23N/c1-11(2)12-7-9-13(10-8-12)14-5-3-4-6-15(14)16/h3-6,11-13H,7-10,16H2,1-2H3. The third kappa shape index (κ3) is 2.40. The lowest BCUT2D eigenvalue weighted by Crippen LogP contribution is -2.18. The SMILES string of the molecule is CC(C)C1CCC(c2ccccc2N)CC1. The van der Waals surface area contributed by atoms with Gasteiger partial charge in [0.2, 0.25) is 0 Å². The maximum Gasteiger partial charge on any atom is 0.0349 e. The van der Waals surface area contributed by atoms with Crippen LogP contribution in [0.2, 0.25) is 0 Å². The third-order valence-corrected chi connectivity index (χ3v) is 4.15. The molecule has 1 nitrogen and oxygen atoms in total. The molecule has 0 radical (unpaired) electrons. The quantitative estimate of drug-likeness (QED) is 0.738. The first kappa shape index (κ1) is 11.5. The van der Waals surface area contributed by atoms with E-state index in [9.17, 15) is 0 Å². The zero-order valence-electron chi connectivity index (χ0n) is 10.4. The van der Waals surface area contributed by atoms with Gasteiger partial charge in [-0.05, 0) is 55.1 Å². The fourth-order valence-electron chi connectivity index (χ4n) is 2.98. The van der Waals surface area contributed by atoms with Gasteiger partial charge in [0, 0.05) is 5.69 Å². The summed E-state index contributed by atoms with van der Waals surface area (Å²) >= 11 is 0. The lowest BCUT2D eigenvalue weighted by Gasteiger charge is -2.31. The van der Waals surface area contributed by atoms with E-state index in [0.717, 1.165) is 17.5 Å². The van der Waals surface area contributed by atoms with Crippen LogP contribution in [0.4, 0.5) is 5.69 Å². The molecule has 1 fully saturated rings. The number of nitrogen functional groups attached to an aromatic ring is 1. The molecule has 1 heteroatoms. The Bertz CT molecular complexity index is 335. The Kier molecular flexibility index (Phi) is 3.52. The number of benzene rings is 1. The van der Waals surface area contributed by atoms with Crippen molar-refractivity contribution in [3.05, 3.63) is 29.8 Å². The Balaban J connectivity index is 2.02. The van der Waals surface area contributed by atoms with Gasteiger partial charge in [0.1, 0.15) is 0 Å². The summed E-state index contributed by atoms with van der Waals surface area (Å²) in [6, 6.07) is 8.37. The van der Waals surface area contributed by atoms with Gasteiger partial charge in [-0.1, -0.05) is 32.0 Å². The van der Waals surface area contributed by atoms with Crippen LogP contribution in [0.1, 0.15) is 51.0 Å².